The average molecular weight is 340 g/mol. The van der Waals surface area contributed by atoms with Crippen LogP contribution in [0.3, 0.4) is 0 Å². The number of aromatic amines is 1. The summed E-state index contributed by atoms with van der Waals surface area (Å²) in [6, 6.07) is 13.4. The molecule has 2 amide bonds. The molecular weight excluding hydrogens is 322 g/mol. The van der Waals surface area contributed by atoms with Gasteiger partial charge in [-0.2, -0.15) is 0 Å². The van der Waals surface area contributed by atoms with Crippen molar-refractivity contribution in [2.75, 3.05) is 10.6 Å². The first-order valence-corrected chi connectivity index (χ1v) is 8.51. The largest absolute Gasteiger partial charge is 0.359 e. The first-order valence-electron chi connectivity index (χ1n) is 8.14. The summed E-state index contributed by atoms with van der Waals surface area (Å²) in [4.78, 5) is 15.3. The lowest BCUT2D eigenvalue weighted by molar-refractivity contribution is 0.262. The molecule has 4 rings (SSSR count). The second kappa shape index (κ2) is 6.21. The topological polar surface area (TPSA) is 56.9 Å². The summed E-state index contributed by atoms with van der Waals surface area (Å²) in [6.07, 6.45) is 5.63. The number of aromatic nitrogens is 1. The Labute approximate surface area is 145 Å². The van der Waals surface area contributed by atoms with Crippen molar-refractivity contribution in [1.29, 1.82) is 0 Å². The summed E-state index contributed by atoms with van der Waals surface area (Å²) in [5, 5.41) is 7.25. The van der Waals surface area contributed by atoms with Crippen molar-refractivity contribution in [3.63, 3.8) is 0 Å². The maximum Gasteiger partial charge on any atom is 0.323 e. The molecule has 3 aromatic rings. The van der Waals surface area contributed by atoms with Crippen molar-refractivity contribution >= 4 is 39.9 Å². The molecule has 0 atom stereocenters. The van der Waals surface area contributed by atoms with E-state index in [1.54, 1.807) is 6.20 Å². The van der Waals surface area contributed by atoms with Crippen LogP contribution in [0.15, 0.2) is 48.7 Å². The Morgan fingerprint density at radius 2 is 1.88 bits per heavy atom. The van der Waals surface area contributed by atoms with Gasteiger partial charge in [0.05, 0.1) is 5.69 Å². The normalized spacial score (nSPS) is 14.4. The van der Waals surface area contributed by atoms with Gasteiger partial charge in [-0.15, -0.1) is 0 Å². The molecule has 0 saturated heterocycles. The molecular formula is C19H18ClN3O. The monoisotopic (exact) mass is 339 g/mol. The Balaban J connectivity index is 1.44. The van der Waals surface area contributed by atoms with Gasteiger partial charge in [0.15, 0.2) is 0 Å². The van der Waals surface area contributed by atoms with E-state index in [9.17, 15) is 4.79 Å². The highest BCUT2D eigenvalue weighted by molar-refractivity contribution is 6.31. The van der Waals surface area contributed by atoms with Gasteiger partial charge >= 0.3 is 6.03 Å². The van der Waals surface area contributed by atoms with Gasteiger partial charge in [-0.1, -0.05) is 30.2 Å². The van der Waals surface area contributed by atoms with Crippen molar-refractivity contribution in [1.82, 2.24) is 4.98 Å². The molecule has 1 fully saturated rings. The third kappa shape index (κ3) is 2.97. The number of hydrogen-bond acceptors (Lipinski definition) is 1. The van der Waals surface area contributed by atoms with Crippen LogP contribution in [0, 0.1) is 0 Å². The third-order valence-corrected chi connectivity index (χ3v) is 4.87. The molecule has 24 heavy (non-hydrogen) atoms. The van der Waals surface area contributed by atoms with Crippen LogP contribution in [-0.4, -0.2) is 11.0 Å². The molecule has 1 aliphatic carbocycles. The van der Waals surface area contributed by atoms with Crippen LogP contribution < -0.4 is 10.6 Å². The number of H-pyrrole nitrogens is 1. The first kappa shape index (κ1) is 15.1. The molecule has 122 valence electrons. The van der Waals surface area contributed by atoms with Gasteiger partial charge in [0, 0.05) is 27.8 Å². The minimum atomic E-state index is -0.271. The fraction of sp³-hybridized carbons (Fsp3) is 0.211. The zero-order valence-electron chi connectivity index (χ0n) is 13.1. The minimum Gasteiger partial charge on any atom is -0.359 e. The first-order chi connectivity index (χ1) is 11.7. The number of nitrogens with one attached hydrogen (secondary N) is 3. The number of halogens is 1. The molecule has 2 aromatic carbocycles. The standard InChI is InChI=1S/C19H18ClN3O/c20-14-6-9-17-16(10-14)18(11-21-17)23-19(24)22-15-7-4-13(5-8-15)12-2-1-3-12/h4-12,21H,1-3H2,(H2,22,23,24). The van der Waals surface area contributed by atoms with Crippen molar-refractivity contribution in [3.8, 4) is 0 Å². The van der Waals surface area contributed by atoms with Crippen LogP contribution in [0.1, 0.15) is 30.7 Å². The van der Waals surface area contributed by atoms with E-state index >= 15 is 0 Å². The second-order valence-corrected chi connectivity index (χ2v) is 6.66. The molecule has 1 aliphatic rings. The lowest BCUT2D eigenvalue weighted by atomic mass is 9.80. The zero-order valence-corrected chi connectivity index (χ0v) is 13.9. The summed E-state index contributed by atoms with van der Waals surface area (Å²) in [7, 11) is 0. The molecule has 5 heteroatoms. The highest BCUT2D eigenvalue weighted by atomic mass is 35.5. The molecule has 0 unspecified atom stereocenters. The van der Waals surface area contributed by atoms with E-state index in [4.69, 9.17) is 11.6 Å². The number of urea groups is 1. The van der Waals surface area contributed by atoms with E-state index in [1.807, 2.05) is 30.3 Å². The van der Waals surface area contributed by atoms with Crippen LogP contribution in [0.4, 0.5) is 16.2 Å². The summed E-state index contributed by atoms with van der Waals surface area (Å²) in [5.74, 6) is 0.698. The third-order valence-electron chi connectivity index (χ3n) is 4.64. The van der Waals surface area contributed by atoms with Gasteiger partial charge in [0.1, 0.15) is 0 Å². The predicted octanol–water partition coefficient (Wildman–Crippen LogP) is 5.73. The molecule has 4 nitrogen and oxygen atoms in total. The Kier molecular flexibility index (Phi) is 3.90. The van der Waals surface area contributed by atoms with Gasteiger partial charge < -0.3 is 15.6 Å². The second-order valence-electron chi connectivity index (χ2n) is 6.22. The minimum absolute atomic E-state index is 0.271. The lowest BCUT2D eigenvalue weighted by Gasteiger charge is -2.25. The summed E-state index contributed by atoms with van der Waals surface area (Å²) in [6.45, 7) is 0. The van der Waals surface area contributed by atoms with E-state index in [2.05, 4.69) is 27.8 Å². The van der Waals surface area contributed by atoms with Crippen LogP contribution in [0.2, 0.25) is 5.02 Å². The highest BCUT2D eigenvalue weighted by Crippen LogP contribution is 2.36. The average Bonchev–Trinajstić information content (AvgIpc) is 2.90. The number of rotatable bonds is 3. The Morgan fingerprint density at radius 3 is 2.58 bits per heavy atom. The number of benzene rings is 2. The van der Waals surface area contributed by atoms with Gasteiger partial charge in [0.25, 0.3) is 0 Å². The molecule has 0 radical (unpaired) electrons. The Bertz CT molecular complexity index is 881. The zero-order chi connectivity index (χ0) is 16.5. The molecule has 1 heterocycles. The number of amides is 2. The summed E-state index contributed by atoms with van der Waals surface area (Å²) < 4.78 is 0. The SMILES string of the molecule is O=C(Nc1ccc(C2CCC2)cc1)Nc1c[nH]c2ccc(Cl)cc12. The molecule has 0 bridgehead atoms. The van der Waals surface area contributed by atoms with Crippen LogP contribution in [0.25, 0.3) is 10.9 Å². The van der Waals surface area contributed by atoms with E-state index in [0.29, 0.717) is 16.6 Å². The quantitative estimate of drug-likeness (QED) is 0.560. The van der Waals surface area contributed by atoms with Crippen molar-refractivity contribution in [2.24, 2.45) is 0 Å². The summed E-state index contributed by atoms with van der Waals surface area (Å²) in [5.41, 5.74) is 3.78. The maximum absolute atomic E-state index is 12.2. The fourth-order valence-electron chi connectivity index (χ4n) is 3.06. The number of fused-ring (bicyclic) bond motifs is 1. The van der Waals surface area contributed by atoms with Gasteiger partial charge in [0.2, 0.25) is 0 Å². The Hall–Kier alpha value is -2.46. The smallest absolute Gasteiger partial charge is 0.323 e. The van der Waals surface area contributed by atoms with E-state index in [1.165, 1.54) is 24.8 Å². The maximum atomic E-state index is 12.2. The molecule has 3 N–H and O–H groups in total. The van der Waals surface area contributed by atoms with Gasteiger partial charge in [-0.3, -0.25) is 0 Å². The lowest BCUT2D eigenvalue weighted by Crippen LogP contribution is -2.19. The van der Waals surface area contributed by atoms with Crippen molar-refractivity contribution in [3.05, 3.63) is 59.2 Å². The van der Waals surface area contributed by atoms with E-state index < -0.39 is 0 Å². The van der Waals surface area contributed by atoms with Gasteiger partial charge in [-0.05, 0) is 54.7 Å². The number of hydrogen-bond donors (Lipinski definition) is 3. The van der Waals surface area contributed by atoms with Crippen LogP contribution in [0.5, 0.6) is 0 Å². The molecule has 0 aliphatic heterocycles. The van der Waals surface area contributed by atoms with Gasteiger partial charge in [-0.25, -0.2) is 4.79 Å². The molecule has 1 saturated carbocycles. The molecule has 1 aromatic heterocycles. The van der Waals surface area contributed by atoms with Crippen molar-refractivity contribution < 1.29 is 4.79 Å². The number of carbonyl (C=O) groups is 1. The molecule has 0 spiro atoms. The number of carbonyl (C=O) groups excluding carboxylic acids is 1. The number of anilines is 2. The van der Waals surface area contributed by atoms with Crippen molar-refractivity contribution in [2.45, 2.75) is 25.2 Å². The van der Waals surface area contributed by atoms with Crippen LogP contribution >= 0.6 is 11.6 Å². The highest BCUT2D eigenvalue weighted by Gasteiger charge is 2.19. The summed E-state index contributed by atoms with van der Waals surface area (Å²) >= 11 is 6.03. The Morgan fingerprint density at radius 1 is 1.08 bits per heavy atom. The van der Waals surface area contributed by atoms with Crippen LogP contribution in [-0.2, 0) is 0 Å². The fourth-order valence-corrected chi connectivity index (χ4v) is 3.23. The van der Waals surface area contributed by atoms with E-state index in [0.717, 1.165) is 16.6 Å². The van der Waals surface area contributed by atoms with E-state index in [-0.39, 0.29) is 6.03 Å². The predicted molar refractivity (Wildman–Crippen MR) is 99.0 cm³/mol.